The molecule has 0 aliphatic heterocycles. The van der Waals surface area contributed by atoms with E-state index in [9.17, 15) is 0 Å². The zero-order valence-corrected chi connectivity index (χ0v) is 8.31. The van der Waals surface area contributed by atoms with Crippen molar-refractivity contribution in [3.8, 4) is 0 Å². The fourth-order valence-electron chi connectivity index (χ4n) is 1.49. The van der Waals surface area contributed by atoms with Gasteiger partial charge in [0.1, 0.15) is 0 Å². The smallest absolute Gasteiger partial charge is 0.0796 e. The highest BCUT2D eigenvalue weighted by Crippen LogP contribution is 2.12. The summed E-state index contributed by atoms with van der Waals surface area (Å²) >= 11 is 0. The molecule has 0 spiro atoms. The molecular formula is C9H17N3. The highest BCUT2D eigenvalue weighted by molar-refractivity contribution is 5.25. The molecule has 3 heteroatoms. The standard InChI is InChI=1S/C9H17N3/c1-5-8-7(2)12(4)11-9(8)6-10-3/h10H,5-6H2,1-4H3. The van der Waals surface area contributed by atoms with Crippen LogP contribution >= 0.6 is 0 Å². The average Bonchev–Trinajstić information content (AvgIpc) is 2.29. The number of aromatic nitrogens is 2. The first-order valence-corrected chi connectivity index (χ1v) is 4.36. The summed E-state index contributed by atoms with van der Waals surface area (Å²) in [6.45, 7) is 5.15. The Bertz CT molecular complexity index is 263. The molecule has 0 aliphatic rings. The molecule has 1 N–H and O–H groups in total. The molecule has 1 aromatic rings. The molecule has 1 heterocycles. The Morgan fingerprint density at radius 3 is 2.67 bits per heavy atom. The van der Waals surface area contributed by atoms with Crippen molar-refractivity contribution in [2.45, 2.75) is 26.8 Å². The first kappa shape index (κ1) is 9.26. The molecule has 0 amide bonds. The van der Waals surface area contributed by atoms with Gasteiger partial charge in [-0.2, -0.15) is 5.10 Å². The first-order chi connectivity index (χ1) is 5.70. The molecule has 0 saturated carbocycles. The second kappa shape index (κ2) is 3.72. The van der Waals surface area contributed by atoms with Gasteiger partial charge in [0.05, 0.1) is 5.69 Å². The van der Waals surface area contributed by atoms with E-state index in [1.54, 1.807) is 0 Å². The third-order valence-electron chi connectivity index (χ3n) is 2.24. The lowest BCUT2D eigenvalue weighted by atomic mass is 10.1. The Labute approximate surface area is 73.8 Å². The van der Waals surface area contributed by atoms with Gasteiger partial charge in [-0.15, -0.1) is 0 Å². The molecule has 68 valence electrons. The van der Waals surface area contributed by atoms with E-state index in [0.717, 1.165) is 13.0 Å². The zero-order chi connectivity index (χ0) is 9.14. The summed E-state index contributed by atoms with van der Waals surface area (Å²) in [6, 6.07) is 0. The fourth-order valence-corrected chi connectivity index (χ4v) is 1.49. The van der Waals surface area contributed by atoms with Gasteiger partial charge < -0.3 is 5.32 Å². The van der Waals surface area contributed by atoms with E-state index in [0.29, 0.717) is 0 Å². The zero-order valence-electron chi connectivity index (χ0n) is 8.31. The summed E-state index contributed by atoms with van der Waals surface area (Å²) in [7, 11) is 3.94. The maximum Gasteiger partial charge on any atom is 0.0796 e. The van der Waals surface area contributed by atoms with Crippen molar-refractivity contribution >= 4 is 0 Å². The van der Waals surface area contributed by atoms with Gasteiger partial charge >= 0.3 is 0 Å². The minimum absolute atomic E-state index is 0.866. The molecule has 12 heavy (non-hydrogen) atoms. The summed E-state index contributed by atoms with van der Waals surface area (Å²) in [4.78, 5) is 0. The van der Waals surface area contributed by atoms with Crippen LogP contribution in [0.1, 0.15) is 23.9 Å². The molecule has 0 saturated heterocycles. The first-order valence-electron chi connectivity index (χ1n) is 4.36. The van der Waals surface area contributed by atoms with Gasteiger partial charge in [-0.25, -0.2) is 0 Å². The molecule has 0 unspecified atom stereocenters. The summed E-state index contributed by atoms with van der Waals surface area (Å²) in [6.07, 6.45) is 1.07. The van der Waals surface area contributed by atoms with Crippen LogP contribution in [-0.4, -0.2) is 16.8 Å². The molecular weight excluding hydrogens is 150 g/mol. The Balaban J connectivity index is 3.02. The summed E-state index contributed by atoms with van der Waals surface area (Å²) in [5.41, 5.74) is 3.84. The number of hydrogen-bond donors (Lipinski definition) is 1. The minimum atomic E-state index is 0.866. The lowest BCUT2D eigenvalue weighted by Crippen LogP contribution is -2.07. The van der Waals surface area contributed by atoms with Crippen LogP contribution in [0.25, 0.3) is 0 Å². The van der Waals surface area contributed by atoms with Crippen LogP contribution in [0.2, 0.25) is 0 Å². The topological polar surface area (TPSA) is 29.9 Å². The third-order valence-corrected chi connectivity index (χ3v) is 2.24. The summed E-state index contributed by atoms with van der Waals surface area (Å²) in [5.74, 6) is 0. The third kappa shape index (κ3) is 1.50. The molecule has 0 fully saturated rings. The van der Waals surface area contributed by atoms with E-state index in [1.165, 1.54) is 17.0 Å². The van der Waals surface area contributed by atoms with Crippen LogP contribution in [0.3, 0.4) is 0 Å². The predicted octanol–water partition coefficient (Wildman–Crippen LogP) is 1.01. The Kier molecular flexibility index (Phi) is 2.87. The predicted molar refractivity (Wildman–Crippen MR) is 50.1 cm³/mol. The van der Waals surface area contributed by atoms with Gasteiger partial charge in [-0.3, -0.25) is 4.68 Å². The van der Waals surface area contributed by atoms with Crippen molar-refractivity contribution < 1.29 is 0 Å². The van der Waals surface area contributed by atoms with Gasteiger partial charge in [0.15, 0.2) is 0 Å². The minimum Gasteiger partial charge on any atom is -0.314 e. The highest BCUT2D eigenvalue weighted by Gasteiger charge is 2.09. The van der Waals surface area contributed by atoms with Crippen LogP contribution in [0.5, 0.6) is 0 Å². The van der Waals surface area contributed by atoms with Gasteiger partial charge in [0.2, 0.25) is 0 Å². The van der Waals surface area contributed by atoms with Crippen LogP contribution in [0.15, 0.2) is 0 Å². The van der Waals surface area contributed by atoms with Crippen molar-refractivity contribution in [3.05, 3.63) is 17.0 Å². The molecule has 0 atom stereocenters. The van der Waals surface area contributed by atoms with Gasteiger partial charge in [0, 0.05) is 19.3 Å². The largest absolute Gasteiger partial charge is 0.314 e. The average molecular weight is 167 g/mol. The summed E-state index contributed by atoms with van der Waals surface area (Å²) in [5, 5.41) is 7.55. The lowest BCUT2D eigenvalue weighted by molar-refractivity contribution is 0.698. The van der Waals surface area contributed by atoms with Crippen molar-refractivity contribution in [3.63, 3.8) is 0 Å². The van der Waals surface area contributed by atoms with Crippen molar-refractivity contribution in [2.24, 2.45) is 7.05 Å². The van der Waals surface area contributed by atoms with Crippen molar-refractivity contribution in [2.75, 3.05) is 7.05 Å². The van der Waals surface area contributed by atoms with Gasteiger partial charge in [-0.1, -0.05) is 6.92 Å². The Morgan fingerprint density at radius 1 is 1.50 bits per heavy atom. The number of hydrogen-bond acceptors (Lipinski definition) is 2. The van der Waals surface area contributed by atoms with Crippen LogP contribution in [0.4, 0.5) is 0 Å². The summed E-state index contributed by atoms with van der Waals surface area (Å²) < 4.78 is 1.95. The van der Waals surface area contributed by atoms with Crippen LogP contribution in [-0.2, 0) is 20.0 Å². The SMILES string of the molecule is CCc1c(CNC)nn(C)c1C. The molecule has 1 rings (SSSR count). The van der Waals surface area contributed by atoms with E-state index in [2.05, 4.69) is 24.3 Å². The molecule has 3 nitrogen and oxygen atoms in total. The highest BCUT2D eigenvalue weighted by atomic mass is 15.3. The van der Waals surface area contributed by atoms with Gasteiger partial charge in [0.25, 0.3) is 0 Å². The normalized spacial score (nSPS) is 10.7. The van der Waals surface area contributed by atoms with Gasteiger partial charge in [-0.05, 0) is 26.0 Å². The molecule has 0 bridgehead atoms. The number of rotatable bonds is 3. The molecule has 0 radical (unpaired) electrons. The molecule has 0 aromatic carbocycles. The monoisotopic (exact) mass is 167 g/mol. The molecule has 1 aromatic heterocycles. The Morgan fingerprint density at radius 2 is 2.17 bits per heavy atom. The van der Waals surface area contributed by atoms with E-state index in [-0.39, 0.29) is 0 Å². The van der Waals surface area contributed by atoms with E-state index < -0.39 is 0 Å². The molecule has 0 aliphatic carbocycles. The maximum absolute atomic E-state index is 4.42. The van der Waals surface area contributed by atoms with E-state index in [1.807, 2.05) is 18.8 Å². The second-order valence-electron chi connectivity index (χ2n) is 3.02. The number of nitrogens with zero attached hydrogens (tertiary/aromatic N) is 2. The fraction of sp³-hybridized carbons (Fsp3) is 0.667. The van der Waals surface area contributed by atoms with Crippen molar-refractivity contribution in [1.29, 1.82) is 0 Å². The maximum atomic E-state index is 4.42. The number of aryl methyl sites for hydroxylation is 1. The van der Waals surface area contributed by atoms with Crippen LogP contribution in [0, 0.1) is 6.92 Å². The number of nitrogens with one attached hydrogen (secondary N) is 1. The Hall–Kier alpha value is -0.830. The van der Waals surface area contributed by atoms with Crippen LogP contribution < -0.4 is 5.32 Å². The van der Waals surface area contributed by atoms with E-state index >= 15 is 0 Å². The lowest BCUT2D eigenvalue weighted by Gasteiger charge is -1.98. The van der Waals surface area contributed by atoms with Crippen molar-refractivity contribution in [1.82, 2.24) is 15.1 Å². The quantitative estimate of drug-likeness (QED) is 0.728. The second-order valence-corrected chi connectivity index (χ2v) is 3.02. The van der Waals surface area contributed by atoms with E-state index in [4.69, 9.17) is 0 Å².